The van der Waals surface area contributed by atoms with Crippen LogP contribution in [0.5, 0.6) is 0 Å². The number of piperidine rings is 1. The van der Waals surface area contributed by atoms with Gasteiger partial charge in [-0.1, -0.05) is 54.0 Å². The van der Waals surface area contributed by atoms with Gasteiger partial charge in [0.1, 0.15) is 6.04 Å². The number of hydrogen-bond acceptors (Lipinski definition) is 4. The Kier molecular flexibility index (Phi) is 10.2. The molecule has 0 aliphatic carbocycles. The van der Waals surface area contributed by atoms with Gasteiger partial charge < -0.3 is 15.3 Å². The summed E-state index contributed by atoms with van der Waals surface area (Å²) in [7, 11) is 1.69. The highest BCUT2D eigenvalue weighted by Crippen LogP contribution is 2.29. The average Bonchev–Trinajstić information content (AvgIpc) is 2.73. The quantitative estimate of drug-likeness (QED) is 0.501. The van der Waals surface area contributed by atoms with E-state index in [9.17, 15) is 19.5 Å². The van der Waals surface area contributed by atoms with Gasteiger partial charge in [-0.25, -0.2) is 4.79 Å². The number of carboxylic acids is 1. The van der Waals surface area contributed by atoms with Crippen LogP contribution in [-0.4, -0.2) is 69.9 Å². The maximum absolute atomic E-state index is 13.7. The van der Waals surface area contributed by atoms with E-state index in [1.165, 1.54) is 6.92 Å². The number of likely N-dealkylation sites (tertiary alicyclic amines) is 1. The van der Waals surface area contributed by atoms with Gasteiger partial charge in [0, 0.05) is 18.2 Å². The lowest BCUT2D eigenvalue weighted by Gasteiger charge is -2.46. The van der Waals surface area contributed by atoms with Gasteiger partial charge in [0.05, 0.1) is 12.1 Å². The standard InChI is InChI=1S/C26H47N3O4/c1-11-26(8,9)29-15-13-12-14-19(29)22(30)27-21(25(5,6)7)23(31)28(10)20(17(2)3)16-18(4)24(32)33/h16-17,19-21H,11-15H2,1-10H3,(H,27,30)(H,32,33)/b18-16+/t19?,20-,21?/m1/s1. The first-order chi connectivity index (χ1) is 15.0. The summed E-state index contributed by atoms with van der Waals surface area (Å²) in [5.41, 5.74) is -0.403. The van der Waals surface area contributed by atoms with E-state index in [0.29, 0.717) is 0 Å². The lowest BCUT2D eigenvalue weighted by Crippen LogP contribution is -2.62. The molecule has 190 valence electrons. The Morgan fingerprint density at radius 3 is 2.18 bits per heavy atom. The molecule has 0 aromatic rings. The summed E-state index contributed by atoms with van der Waals surface area (Å²) in [4.78, 5) is 42.4. The van der Waals surface area contributed by atoms with Crippen LogP contribution in [0.3, 0.4) is 0 Å². The monoisotopic (exact) mass is 465 g/mol. The van der Waals surface area contributed by atoms with Crippen LogP contribution in [0.4, 0.5) is 0 Å². The predicted octanol–water partition coefficient (Wildman–Crippen LogP) is 4.07. The second-order valence-electron chi connectivity index (χ2n) is 11.5. The van der Waals surface area contributed by atoms with Gasteiger partial charge in [-0.3, -0.25) is 14.5 Å². The van der Waals surface area contributed by atoms with E-state index in [2.05, 4.69) is 31.0 Å². The molecule has 1 heterocycles. The number of nitrogens with zero attached hydrogens (tertiary/aromatic N) is 2. The minimum absolute atomic E-state index is 0.0174. The molecular formula is C26H47N3O4. The Hall–Kier alpha value is -1.89. The summed E-state index contributed by atoms with van der Waals surface area (Å²) >= 11 is 0. The first-order valence-corrected chi connectivity index (χ1v) is 12.3. The van der Waals surface area contributed by atoms with Crippen molar-refractivity contribution in [2.75, 3.05) is 13.6 Å². The van der Waals surface area contributed by atoms with Crippen LogP contribution < -0.4 is 5.32 Å². The Bertz CT molecular complexity index is 736. The van der Waals surface area contributed by atoms with Crippen molar-refractivity contribution in [2.24, 2.45) is 11.3 Å². The molecular weight excluding hydrogens is 418 g/mol. The zero-order chi connectivity index (χ0) is 25.7. The molecule has 1 aliphatic heterocycles. The zero-order valence-electron chi connectivity index (χ0n) is 22.5. The Labute approximate surface area is 201 Å². The SMILES string of the molecule is CCC(C)(C)N1CCCCC1C(=O)NC(C(=O)N(C)[C@H](/C=C(\C)C(=O)O)C(C)C)C(C)(C)C. The van der Waals surface area contributed by atoms with Crippen LogP contribution in [0.1, 0.15) is 88.0 Å². The van der Waals surface area contributed by atoms with Crippen molar-refractivity contribution < 1.29 is 19.5 Å². The Morgan fingerprint density at radius 1 is 1.15 bits per heavy atom. The van der Waals surface area contributed by atoms with Gasteiger partial charge in [0.25, 0.3) is 0 Å². The Balaban J connectivity index is 3.21. The number of hydrogen-bond donors (Lipinski definition) is 2. The fourth-order valence-corrected chi connectivity index (χ4v) is 4.45. The van der Waals surface area contributed by atoms with Crippen molar-refractivity contribution in [1.82, 2.24) is 15.1 Å². The topological polar surface area (TPSA) is 90.0 Å². The molecule has 2 amide bonds. The van der Waals surface area contributed by atoms with E-state index in [0.717, 1.165) is 32.2 Å². The molecule has 7 heteroatoms. The molecule has 3 atom stereocenters. The molecule has 1 aliphatic rings. The number of likely N-dealkylation sites (N-methyl/N-ethyl adjacent to an activating group) is 1. The van der Waals surface area contributed by atoms with Gasteiger partial charge in [-0.05, 0) is 57.9 Å². The number of carboxylic acid groups (broad SMARTS) is 1. The molecule has 33 heavy (non-hydrogen) atoms. The molecule has 1 saturated heterocycles. The number of amides is 2. The first kappa shape index (κ1) is 29.1. The van der Waals surface area contributed by atoms with Crippen LogP contribution in [0.15, 0.2) is 11.6 Å². The maximum Gasteiger partial charge on any atom is 0.331 e. The minimum atomic E-state index is -1.00. The van der Waals surface area contributed by atoms with Crippen molar-refractivity contribution in [2.45, 2.75) is 112 Å². The van der Waals surface area contributed by atoms with E-state index in [1.807, 2.05) is 34.6 Å². The molecule has 0 radical (unpaired) electrons. The fraction of sp³-hybridized carbons (Fsp3) is 0.808. The summed E-state index contributed by atoms with van der Waals surface area (Å²) in [6.07, 6.45) is 5.41. The minimum Gasteiger partial charge on any atom is -0.478 e. The molecule has 7 nitrogen and oxygen atoms in total. The van der Waals surface area contributed by atoms with Crippen molar-refractivity contribution in [3.8, 4) is 0 Å². The summed E-state index contributed by atoms with van der Waals surface area (Å²) in [6.45, 7) is 18.6. The molecule has 2 N–H and O–H groups in total. The molecule has 0 spiro atoms. The second-order valence-corrected chi connectivity index (χ2v) is 11.5. The fourth-order valence-electron chi connectivity index (χ4n) is 4.45. The number of carbonyl (C=O) groups excluding carboxylic acids is 2. The first-order valence-electron chi connectivity index (χ1n) is 12.3. The summed E-state index contributed by atoms with van der Waals surface area (Å²) in [6, 6.07) is -1.37. The summed E-state index contributed by atoms with van der Waals surface area (Å²) < 4.78 is 0. The highest BCUT2D eigenvalue weighted by molar-refractivity contribution is 5.91. The van der Waals surface area contributed by atoms with Crippen LogP contribution in [0, 0.1) is 11.3 Å². The van der Waals surface area contributed by atoms with Gasteiger partial charge in [0.15, 0.2) is 0 Å². The lowest BCUT2D eigenvalue weighted by atomic mass is 9.84. The van der Waals surface area contributed by atoms with Crippen molar-refractivity contribution in [1.29, 1.82) is 0 Å². The molecule has 1 rings (SSSR count). The number of nitrogens with one attached hydrogen (secondary N) is 1. The van der Waals surface area contributed by atoms with E-state index >= 15 is 0 Å². The van der Waals surface area contributed by atoms with E-state index in [4.69, 9.17) is 0 Å². The third-order valence-electron chi connectivity index (χ3n) is 7.08. The highest BCUT2D eigenvalue weighted by atomic mass is 16.4. The van der Waals surface area contributed by atoms with Gasteiger partial charge in [-0.15, -0.1) is 0 Å². The number of rotatable bonds is 9. The highest BCUT2D eigenvalue weighted by Gasteiger charge is 2.41. The summed E-state index contributed by atoms with van der Waals surface area (Å²) in [5, 5.41) is 12.4. The van der Waals surface area contributed by atoms with Crippen LogP contribution in [0.25, 0.3) is 0 Å². The van der Waals surface area contributed by atoms with Gasteiger partial charge in [-0.2, -0.15) is 0 Å². The van der Waals surface area contributed by atoms with Gasteiger partial charge in [0.2, 0.25) is 11.8 Å². The van der Waals surface area contributed by atoms with Crippen molar-refractivity contribution in [3.05, 3.63) is 11.6 Å². The molecule has 2 unspecified atom stereocenters. The van der Waals surface area contributed by atoms with Gasteiger partial charge >= 0.3 is 5.97 Å². The number of aliphatic carboxylic acids is 1. The van der Waals surface area contributed by atoms with Crippen molar-refractivity contribution >= 4 is 17.8 Å². The predicted molar refractivity (Wildman–Crippen MR) is 133 cm³/mol. The third-order valence-corrected chi connectivity index (χ3v) is 7.08. The number of carbonyl (C=O) groups is 3. The summed E-state index contributed by atoms with van der Waals surface area (Å²) in [5.74, 6) is -1.29. The Morgan fingerprint density at radius 2 is 1.73 bits per heavy atom. The molecule has 0 aromatic carbocycles. The maximum atomic E-state index is 13.7. The lowest BCUT2D eigenvalue weighted by molar-refractivity contribution is -0.142. The third kappa shape index (κ3) is 7.56. The van der Waals surface area contributed by atoms with E-state index < -0.39 is 17.4 Å². The second kappa shape index (κ2) is 11.5. The average molecular weight is 466 g/mol. The van der Waals surface area contributed by atoms with Crippen LogP contribution in [0.2, 0.25) is 0 Å². The van der Waals surface area contributed by atoms with E-state index in [1.54, 1.807) is 18.0 Å². The van der Waals surface area contributed by atoms with Crippen LogP contribution in [-0.2, 0) is 14.4 Å². The zero-order valence-corrected chi connectivity index (χ0v) is 22.5. The normalized spacial score (nSPS) is 20.3. The smallest absolute Gasteiger partial charge is 0.331 e. The van der Waals surface area contributed by atoms with Crippen LogP contribution >= 0.6 is 0 Å². The molecule has 0 bridgehead atoms. The largest absolute Gasteiger partial charge is 0.478 e. The van der Waals surface area contributed by atoms with Crippen molar-refractivity contribution in [3.63, 3.8) is 0 Å². The molecule has 0 aromatic heterocycles. The van der Waals surface area contributed by atoms with E-state index in [-0.39, 0.29) is 40.9 Å². The molecule has 0 saturated carbocycles. The molecule has 1 fully saturated rings.